The zero-order chi connectivity index (χ0) is 25.1. The van der Waals surface area contributed by atoms with E-state index in [1.54, 1.807) is 11.0 Å². The number of halogens is 1. The van der Waals surface area contributed by atoms with Crippen LogP contribution < -0.4 is 4.90 Å². The predicted molar refractivity (Wildman–Crippen MR) is 151 cm³/mol. The number of amides is 1. The van der Waals surface area contributed by atoms with E-state index >= 15 is 0 Å². The van der Waals surface area contributed by atoms with Crippen LogP contribution in [0.3, 0.4) is 0 Å². The van der Waals surface area contributed by atoms with Crippen LogP contribution in [0.25, 0.3) is 17.4 Å². The summed E-state index contributed by atoms with van der Waals surface area (Å²) >= 11 is 7.67. The Bertz CT molecular complexity index is 1450. The largest absolute Gasteiger partial charge is 0.457 e. The van der Waals surface area contributed by atoms with Gasteiger partial charge in [0.05, 0.1) is 21.3 Å². The number of furan rings is 1. The average Bonchev–Trinajstić information content (AvgIpc) is 3.49. The molecule has 180 valence electrons. The highest BCUT2D eigenvalue weighted by molar-refractivity contribution is 8.19. The average molecular weight is 513 g/mol. The Hall–Kier alpha value is -3.54. The maximum Gasteiger partial charge on any atom is 0.271 e. The summed E-state index contributed by atoms with van der Waals surface area (Å²) in [5.74, 6) is 1.10. The monoisotopic (exact) mass is 512 g/mol. The molecule has 36 heavy (non-hydrogen) atoms. The van der Waals surface area contributed by atoms with Crippen LogP contribution in [0.5, 0.6) is 0 Å². The van der Waals surface area contributed by atoms with Gasteiger partial charge in [-0.15, -0.1) is 0 Å². The number of benzene rings is 3. The molecule has 0 unspecified atom stereocenters. The molecule has 2 heterocycles. The van der Waals surface area contributed by atoms with Crippen LogP contribution in [0.2, 0.25) is 5.02 Å². The molecular formula is C30H25ClN2O2S. The number of thioether (sulfide) groups is 1. The highest BCUT2D eigenvalue weighted by Crippen LogP contribution is 2.38. The zero-order valence-corrected chi connectivity index (χ0v) is 21.6. The second kappa shape index (κ2) is 10.6. The van der Waals surface area contributed by atoms with E-state index in [-0.39, 0.29) is 5.91 Å². The summed E-state index contributed by atoms with van der Waals surface area (Å²) in [5, 5.41) is 1.22. The summed E-state index contributed by atoms with van der Waals surface area (Å²) in [5.41, 5.74) is 4.86. The van der Waals surface area contributed by atoms with Crippen molar-refractivity contribution in [2.45, 2.75) is 26.7 Å². The van der Waals surface area contributed by atoms with Crippen molar-refractivity contribution in [2.75, 3.05) is 4.90 Å². The Morgan fingerprint density at radius 3 is 2.22 bits per heavy atom. The minimum absolute atomic E-state index is 0.135. The Morgan fingerprint density at radius 2 is 1.56 bits per heavy atom. The molecule has 1 aliphatic heterocycles. The van der Waals surface area contributed by atoms with Crippen LogP contribution in [-0.4, -0.2) is 11.1 Å². The molecule has 6 heteroatoms. The Kier molecular flexibility index (Phi) is 7.12. The van der Waals surface area contributed by atoms with Gasteiger partial charge in [0.2, 0.25) is 0 Å². The van der Waals surface area contributed by atoms with Crippen LogP contribution in [-0.2, 0) is 17.6 Å². The lowest BCUT2D eigenvalue weighted by molar-refractivity contribution is -0.113. The van der Waals surface area contributed by atoms with Crippen molar-refractivity contribution in [3.05, 3.63) is 112 Å². The number of anilines is 1. The number of carbonyl (C=O) groups excluding carboxylic acids is 1. The zero-order valence-electron chi connectivity index (χ0n) is 20.1. The van der Waals surface area contributed by atoms with Gasteiger partial charge in [-0.05, 0) is 84.3 Å². The highest BCUT2D eigenvalue weighted by atomic mass is 35.5. The fourth-order valence-corrected chi connectivity index (χ4v) is 5.15. The van der Waals surface area contributed by atoms with Crippen molar-refractivity contribution in [1.29, 1.82) is 0 Å². The first kappa shape index (κ1) is 24.2. The van der Waals surface area contributed by atoms with E-state index in [0.717, 1.165) is 29.8 Å². The Morgan fingerprint density at radius 1 is 0.889 bits per heavy atom. The molecule has 4 aromatic rings. The van der Waals surface area contributed by atoms with Crippen molar-refractivity contribution in [1.82, 2.24) is 0 Å². The fourth-order valence-electron chi connectivity index (χ4n) is 3.94. The lowest BCUT2D eigenvalue weighted by Gasteiger charge is -2.16. The summed E-state index contributed by atoms with van der Waals surface area (Å²) in [4.78, 5) is 20.6. The lowest BCUT2D eigenvalue weighted by Crippen LogP contribution is -2.28. The van der Waals surface area contributed by atoms with Gasteiger partial charge in [0.15, 0.2) is 5.17 Å². The number of carbonyl (C=O) groups is 1. The van der Waals surface area contributed by atoms with Gasteiger partial charge in [0.25, 0.3) is 5.91 Å². The van der Waals surface area contributed by atoms with Crippen LogP contribution in [0, 0.1) is 0 Å². The molecule has 0 saturated carbocycles. The first-order valence-electron chi connectivity index (χ1n) is 11.9. The minimum Gasteiger partial charge on any atom is -0.457 e. The number of hydrogen-bond acceptors (Lipinski definition) is 4. The van der Waals surface area contributed by atoms with Crippen molar-refractivity contribution in [3.63, 3.8) is 0 Å². The number of aryl methyl sites for hydroxylation is 2. The molecule has 4 nitrogen and oxygen atoms in total. The lowest BCUT2D eigenvalue weighted by atomic mass is 10.1. The van der Waals surface area contributed by atoms with Gasteiger partial charge in [0.1, 0.15) is 11.5 Å². The van der Waals surface area contributed by atoms with E-state index in [9.17, 15) is 4.79 Å². The van der Waals surface area contributed by atoms with Crippen LogP contribution in [0.4, 0.5) is 11.4 Å². The van der Waals surface area contributed by atoms with Gasteiger partial charge in [0, 0.05) is 11.6 Å². The number of nitrogens with zero attached hydrogens (tertiary/aromatic N) is 2. The maximum absolute atomic E-state index is 13.6. The molecule has 0 bridgehead atoms. The second-order valence-electron chi connectivity index (χ2n) is 8.37. The van der Waals surface area contributed by atoms with Crippen LogP contribution in [0.1, 0.15) is 30.7 Å². The Balaban J connectivity index is 1.51. The van der Waals surface area contributed by atoms with Crippen molar-refractivity contribution in [2.24, 2.45) is 4.99 Å². The molecule has 1 saturated heterocycles. The summed E-state index contributed by atoms with van der Waals surface area (Å²) in [6.07, 6.45) is 3.67. The normalized spacial score (nSPS) is 15.9. The third-order valence-corrected chi connectivity index (χ3v) is 7.32. The number of amidine groups is 1. The molecule has 1 amide bonds. The number of aliphatic imine (C=N–C) groups is 1. The first-order chi connectivity index (χ1) is 17.6. The SMILES string of the molecule is CCc1ccc(N=C2SC(=Cc3ccc(-c4ccccc4Cl)o3)C(=O)N2c2ccc(CC)cc2)cc1. The summed E-state index contributed by atoms with van der Waals surface area (Å²) < 4.78 is 6.03. The quantitative estimate of drug-likeness (QED) is 0.243. The molecule has 0 spiro atoms. The number of hydrogen-bond donors (Lipinski definition) is 0. The molecule has 1 aliphatic rings. The van der Waals surface area contributed by atoms with E-state index in [0.29, 0.717) is 26.6 Å². The predicted octanol–water partition coefficient (Wildman–Crippen LogP) is 8.53. The molecular weight excluding hydrogens is 488 g/mol. The molecule has 0 N–H and O–H groups in total. The van der Waals surface area contributed by atoms with E-state index in [1.165, 1.54) is 22.9 Å². The van der Waals surface area contributed by atoms with E-state index < -0.39 is 0 Å². The van der Waals surface area contributed by atoms with Gasteiger partial charge in [-0.3, -0.25) is 9.69 Å². The van der Waals surface area contributed by atoms with Gasteiger partial charge < -0.3 is 4.42 Å². The van der Waals surface area contributed by atoms with Gasteiger partial charge >= 0.3 is 0 Å². The third kappa shape index (κ3) is 5.03. The summed E-state index contributed by atoms with van der Waals surface area (Å²) in [6, 6.07) is 27.4. The topological polar surface area (TPSA) is 45.8 Å². The maximum atomic E-state index is 13.6. The molecule has 5 rings (SSSR count). The minimum atomic E-state index is -0.135. The molecule has 0 radical (unpaired) electrons. The van der Waals surface area contributed by atoms with Gasteiger partial charge in [-0.2, -0.15) is 0 Å². The molecule has 1 aromatic heterocycles. The highest BCUT2D eigenvalue weighted by Gasteiger charge is 2.35. The van der Waals surface area contributed by atoms with E-state index in [1.807, 2.05) is 72.8 Å². The van der Waals surface area contributed by atoms with Gasteiger partial charge in [-0.1, -0.05) is 61.8 Å². The van der Waals surface area contributed by atoms with Crippen LogP contribution >= 0.6 is 23.4 Å². The van der Waals surface area contributed by atoms with Gasteiger partial charge in [-0.25, -0.2) is 4.99 Å². The second-order valence-corrected chi connectivity index (χ2v) is 9.78. The molecule has 1 fully saturated rings. The Labute approximate surface area is 220 Å². The molecule has 3 aromatic carbocycles. The third-order valence-electron chi connectivity index (χ3n) is 6.02. The standard InChI is InChI=1S/C30H25ClN2O2S/c1-3-20-9-13-22(14-10-20)32-30-33(23-15-11-21(4-2)12-16-23)29(34)28(36-30)19-24-17-18-27(35-24)25-7-5-6-8-26(25)31/h5-19H,3-4H2,1-2H3. The molecule has 0 aliphatic carbocycles. The van der Waals surface area contributed by atoms with E-state index in [2.05, 4.69) is 26.0 Å². The molecule has 0 atom stereocenters. The smallest absolute Gasteiger partial charge is 0.271 e. The summed E-state index contributed by atoms with van der Waals surface area (Å²) in [7, 11) is 0. The fraction of sp³-hybridized carbons (Fsp3) is 0.133. The van der Waals surface area contributed by atoms with Crippen molar-refractivity contribution >= 4 is 51.9 Å². The number of rotatable bonds is 6. The van der Waals surface area contributed by atoms with E-state index in [4.69, 9.17) is 21.0 Å². The summed E-state index contributed by atoms with van der Waals surface area (Å²) in [6.45, 7) is 4.23. The van der Waals surface area contributed by atoms with Crippen LogP contribution in [0.15, 0.2) is 99.2 Å². The van der Waals surface area contributed by atoms with Crippen molar-refractivity contribution in [3.8, 4) is 11.3 Å². The first-order valence-corrected chi connectivity index (χ1v) is 13.1. The van der Waals surface area contributed by atoms with Crippen molar-refractivity contribution < 1.29 is 9.21 Å².